The molecule has 1 saturated carbocycles. The van der Waals surface area contributed by atoms with Gasteiger partial charge in [-0.3, -0.25) is 4.79 Å². The summed E-state index contributed by atoms with van der Waals surface area (Å²) in [6.45, 7) is 0. The van der Waals surface area contributed by atoms with E-state index < -0.39 is 17.5 Å². The third kappa shape index (κ3) is 0.767. The Bertz CT molecular complexity index is 170. The first-order valence-corrected chi connectivity index (χ1v) is 2.77. The Morgan fingerprint density at radius 1 is 1.40 bits per heavy atom. The van der Waals surface area contributed by atoms with Crippen LogP contribution >= 0.6 is 0 Å². The highest BCUT2D eigenvalue weighted by Gasteiger charge is 2.67. The molecule has 0 aliphatic heterocycles. The summed E-state index contributed by atoms with van der Waals surface area (Å²) >= 11 is 0. The molecule has 1 fully saturated rings. The summed E-state index contributed by atoms with van der Waals surface area (Å²) in [5, 5.41) is 0. The Labute approximate surface area is 55.2 Å². The van der Waals surface area contributed by atoms with E-state index in [0.717, 1.165) is 0 Å². The number of rotatable bonds is 1. The van der Waals surface area contributed by atoms with Crippen molar-refractivity contribution >= 4 is 5.91 Å². The van der Waals surface area contributed by atoms with Gasteiger partial charge in [-0.15, -0.1) is 0 Å². The van der Waals surface area contributed by atoms with Crippen LogP contribution in [0.2, 0.25) is 0 Å². The monoisotopic (exact) mass is 153 g/mol. The predicted octanol–water partition coefficient (Wildman–Crippen LogP) is 0.814. The number of hydrogen-bond donors (Lipinski definition) is 1. The topological polar surface area (TPSA) is 43.1 Å². The second-order valence-corrected chi connectivity index (χ2v) is 2.44. The zero-order valence-electron chi connectivity index (χ0n) is 5.03. The second kappa shape index (κ2) is 1.65. The Kier molecular flexibility index (Phi) is 1.21. The lowest BCUT2D eigenvalue weighted by Gasteiger charge is -2.14. The minimum atomic E-state index is -4.45. The molecule has 0 spiro atoms. The van der Waals surface area contributed by atoms with E-state index in [1.165, 1.54) is 0 Å². The third-order valence-electron chi connectivity index (χ3n) is 1.76. The number of hydrogen-bond acceptors (Lipinski definition) is 1. The lowest BCUT2D eigenvalue weighted by molar-refractivity contribution is -0.190. The fraction of sp³-hybridized carbons (Fsp3) is 0.800. The molecule has 2 nitrogen and oxygen atoms in total. The first-order valence-electron chi connectivity index (χ1n) is 2.77. The van der Waals surface area contributed by atoms with Crippen LogP contribution in [-0.2, 0) is 4.79 Å². The van der Waals surface area contributed by atoms with Gasteiger partial charge in [0.05, 0.1) is 0 Å². The van der Waals surface area contributed by atoms with Crippen molar-refractivity contribution in [3.05, 3.63) is 0 Å². The molecule has 0 aromatic heterocycles. The van der Waals surface area contributed by atoms with Gasteiger partial charge in [-0.25, -0.2) is 0 Å². The molecular weight excluding hydrogens is 147 g/mol. The van der Waals surface area contributed by atoms with Crippen LogP contribution in [0, 0.1) is 5.41 Å². The zero-order chi connectivity index (χ0) is 7.99. The maximum Gasteiger partial charge on any atom is 0.403 e. The van der Waals surface area contributed by atoms with Crippen molar-refractivity contribution in [2.45, 2.75) is 19.0 Å². The van der Waals surface area contributed by atoms with Crippen molar-refractivity contribution in [2.24, 2.45) is 11.1 Å². The Hall–Kier alpha value is -0.740. The number of carbonyl (C=O) groups excluding carboxylic acids is 1. The molecule has 0 bridgehead atoms. The molecule has 2 N–H and O–H groups in total. The van der Waals surface area contributed by atoms with E-state index >= 15 is 0 Å². The van der Waals surface area contributed by atoms with Crippen LogP contribution in [0.15, 0.2) is 0 Å². The summed E-state index contributed by atoms with van der Waals surface area (Å²) in [5.41, 5.74) is 2.39. The van der Waals surface area contributed by atoms with Gasteiger partial charge < -0.3 is 5.73 Å². The first-order chi connectivity index (χ1) is 4.40. The highest BCUT2D eigenvalue weighted by Crippen LogP contribution is 2.57. The normalized spacial score (nSPS) is 22.3. The van der Waals surface area contributed by atoms with Gasteiger partial charge in [0, 0.05) is 0 Å². The molecule has 0 heterocycles. The number of carbonyl (C=O) groups is 1. The van der Waals surface area contributed by atoms with E-state index in [1.54, 1.807) is 0 Å². The van der Waals surface area contributed by atoms with Gasteiger partial charge >= 0.3 is 6.18 Å². The molecule has 1 rings (SSSR count). The maximum atomic E-state index is 11.8. The van der Waals surface area contributed by atoms with Gasteiger partial charge in [-0.05, 0) is 12.8 Å². The van der Waals surface area contributed by atoms with Gasteiger partial charge in [-0.2, -0.15) is 13.2 Å². The lowest BCUT2D eigenvalue weighted by atomic mass is 10.1. The number of amides is 1. The maximum absolute atomic E-state index is 11.8. The van der Waals surface area contributed by atoms with Crippen molar-refractivity contribution in [3.63, 3.8) is 0 Å². The fourth-order valence-electron chi connectivity index (χ4n) is 0.795. The number of nitrogens with two attached hydrogens (primary N) is 1. The summed E-state index contributed by atoms with van der Waals surface area (Å²) in [4.78, 5) is 10.2. The molecular formula is C5H6F3NO. The van der Waals surface area contributed by atoms with Crippen molar-refractivity contribution < 1.29 is 18.0 Å². The van der Waals surface area contributed by atoms with E-state index in [0.29, 0.717) is 0 Å². The van der Waals surface area contributed by atoms with Crippen LogP contribution in [0.25, 0.3) is 0 Å². The van der Waals surface area contributed by atoms with E-state index in [1.807, 2.05) is 0 Å². The van der Waals surface area contributed by atoms with Crippen LogP contribution in [0.3, 0.4) is 0 Å². The van der Waals surface area contributed by atoms with Crippen LogP contribution in [0.1, 0.15) is 12.8 Å². The van der Waals surface area contributed by atoms with Gasteiger partial charge in [0.15, 0.2) is 0 Å². The molecule has 0 unspecified atom stereocenters. The van der Waals surface area contributed by atoms with Crippen molar-refractivity contribution in [1.29, 1.82) is 0 Å². The Balaban J connectivity index is 2.80. The van der Waals surface area contributed by atoms with E-state index in [-0.39, 0.29) is 12.8 Å². The van der Waals surface area contributed by atoms with Crippen molar-refractivity contribution in [2.75, 3.05) is 0 Å². The molecule has 1 amide bonds. The van der Waals surface area contributed by atoms with Crippen molar-refractivity contribution in [1.82, 2.24) is 0 Å². The van der Waals surface area contributed by atoms with E-state index in [9.17, 15) is 18.0 Å². The third-order valence-corrected chi connectivity index (χ3v) is 1.76. The summed E-state index contributed by atoms with van der Waals surface area (Å²) in [5.74, 6) is -1.25. The first kappa shape index (κ1) is 7.37. The summed E-state index contributed by atoms with van der Waals surface area (Å²) in [7, 11) is 0. The van der Waals surface area contributed by atoms with Crippen LogP contribution in [-0.4, -0.2) is 12.1 Å². The summed E-state index contributed by atoms with van der Waals surface area (Å²) in [6.07, 6.45) is -4.74. The Morgan fingerprint density at radius 2 is 1.80 bits per heavy atom. The molecule has 10 heavy (non-hydrogen) atoms. The predicted molar refractivity (Wildman–Crippen MR) is 26.9 cm³/mol. The second-order valence-electron chi connectivity index (χ2n) is 2.44. The quantitative estimate of drug-likeness (QED) is 0.595. The minimum absolute atomic E-state index is 0.147. The van der Waals surface area contributed by atoms with Gasteiger partial charge in [0.25, 0.3) is 0 Å². The van der Waals surface area contributed by atoms with E-state index in [2.05, 4.69) is 5.73 Å². The number of primary amides is 1. The SMILES string of the molecule is NC(=O)C1(C(F)(F)F)CC1. The van der Waals surface area contributed by atoms with Crippen molar-refractivity contribution in [3.8, 4) is 0 Å². The van der Waals surface area contributed by atoms with Gasteiger partial charge in [0.2, 0.25) is 5.91 Å². The molecule has 58 valence electrons. The zero-order valence-corrected chi connectivity index (χ0v) is 5.03. The molecule has 0 atom stereocenters. The largest absolute Gasteiger partial charge is 0.403 e. The Morgan fingerprint density at radius 3 is 1.80 bits per heavy atom. The lowest BCUT2D eigenvalue weighted by Crippen LogP contribution is -2.37. The molecule has 0 aromatic rings. The minimum Gasteiger partial charge on any atom is -0.369 e. The highest BCUT2D eigenvalue weighted by atomic mass is 19.4. The summed E-state index contributed by atoms with van der Waals surface area (Å²) < 4.78 is 35.5. The fourth-order valence-corrected chi connectivity index (χ4v) is 0.795. The van der Waals surface area contributed by atoms with Crippen LogP contribution in [0.4, 0.5) is 13.2 Å². The molecule has 0 radical (unpaired) electrons. The molecule has 1 aliphatic carbocycles. The smallest absolute Gasteiger partial charge is 0.369 e. The standard InChI is InChI=1S/C5H6F3NO/c6-5(7,8)4(1-2-4)3(9)10/h1-2H2,(H2,9,10). The average Bonchev–Trinajstić information content (AvgIpc) is 2.36. The molecule has 0 aromatic carbocycles. The highest BCUT2D eigenvalue weighted by molar-refractivity contribution is 5.84. The van der Waals surface area contributed by atoms with E-state index in [4.69, 9.17) is 0 Å². The molecule has 0 saturated heterocycles. The van der Waals surface area contributed by atoms with Gasteiger partial charge in [-0.1, -0.05) is 0 Å². The average molecular weight is 153 g/mol. The number of halogens is 3. The van der Waals surface area contributed by atoms with Gasteiger partial charge in [0.1, 0.15) is 5.41 Å². The van der Waals surface area contributed by atoms with Crippen LogP contribution < -0.4 is 5.73 Å². The molecule has 5 heteroatoms. The summed E-state index contributed by atoms with van der Waals surface area (Å²) in [6, 6.07) is 0. The van der Waals surface area contributed by atoms with Crippen LogP contribution in [0.5, 0.6) is 0 Å². The number of alkyl halides is 3. The molecule has 1 aliphatic rings.